The predicted molar refractivity (Wildman–Crippen MR) is 94.2 cm³/mol. The van der Waals surface area contributed by atoms with Crippen molar-refractivity contribution in [3.63, 3.8) is 0 Å². The Hall–Kier alpha value is -0.930. The van der Waals surface area contributed by atoms with Gasteiger partial charge in [-0.2, -0.15) is 0 Å². The van der Waals surface area contributed by atoms with E-state index in [1.165, 1.54) is 6.26 Å². The van der Waals surface area contributed by atoms with Crippen LogP contribution in [0.1, 0.15) is 19.1 Å². The van der Waals surface area contributed by atoms with Crippen molar-refractivity contribution in [1.82, 2.24) is 0 Å². The number of furan rings is 1. The van der Waals surface area contributed by atoms with E-state index in [0.717, 1.165) is 6.07 Å². The number of anilines is 1. The molecule has 150 valence electrons. The van der Waals surface area contributed by atoms with Crippen LogP contribution < -0.4 is 40.0 Å². The summed E-state index contributed by atoms with van der Waals surface area (Å²) in [6.45, 7) is 1.50. The number of hydrogen-bond donors (Lipinski definition) is 2. The Bertz CT molecular complexity index is 1140. The molecule has 2 rings (SSSR count). The van der Waals surface area contributed by atoms with Gasteiger partial charge >= 0.3 is 29.6 Å². The van der Waals surface area contributed by atoms with E-state index < -0.39 is 50.4 Å². The topological polar surface area (TPSA) is 177 Å². The fourth-order valence-corrected chi connectivity index (χ4v) is 5.83. The zero-order chi connectivity index (χ0) is 20.5. The molecule has 1 aromatic carbocycles. The van der Waals surface area contributed by atoms with E-state index in [-0.39, 0.29) is 48.2 Å². The Kier molecular flexibility index (Phi) is 8.30. The fraction of sp³-hybridized carbons (Fsp3) is 0.286. The molecule has 2 aromatic rings. The first-order valence-corrected chi connectivity index (χ1v) is 12.1. The van der Waals surface area contributed by atoms with Gasteiger partial charge in [0.25, 0.3) is 0 Å². The van der Waals surface area contributed by atoms with Crippen LogP contribution in [0.3, 0.4) is 0 Å². The number of rotatable bonds is 8. The monoisotopic (exact) mass is 460 g/mol. The van der Waals surface area contributed by atoms with Crippen molar-refractivity contribution in [3.05, 3.63) is 36.3 Å². The largest absolute Gasteiger partial charge is 1.00 e. The second kappa shape index (κ2) is 9.26. The number of nitrogens with one attached hydrogen (secondary N) is 1. The van der Waals surface area contributed by atoms with E-state index in [4.69, 9.17) is 9.56 Å². The Morgan fingerprint density at radius 3 is 2.18 bits per heavy atom. The smallest absolute Gasteiger partial charge is 0.744 e. The summed E-state index contributed by atoms with van der Waals surface area (Å²) in [5.74, 6) is -0.0193. The first-order chi connectivity index (χ1) is 12.4. The number of nitrogens with two attached hydrogens (primary N) is 1. The van der Waals surface area contributed by atoms with Crippen LogP contribution in [0.5, 0.6) is 0 Å². The van der Waals surface area contributed by atoms with Crippen LogP contribution in [0.25, 0.3) is 0 Å². The van der Waals surface area contributed by atoms with E-state index in [2.05, 4.69) is 5.32 Å². The molecule has 0 saturated heterocycles. The molecule has 14 heteroatoms. The molecule has 0 aliphatic carbocycles. The minimum Gasteiger partial charge on any atom is -0.744 e. The van der Waals surface area contributed by atoms with Crippen LogP contribution >= 0.6 is 0 Å². The zero-order valence-corrected chi connectivity index (χ0v) is 19.5. The summed E-state index contributed by atoms with van der Waals surface area (Å²) in [6.07, 6.45) is 1.55. The van der Waals surface area contributed by atoms with Crippen LogP contribution in [0.2, 0.25) is 0 Å². The van der Waals surface area contributed by atoms with Crippen LogP contribution in [-0.2, 0) is 36.5 Å². The maximum Gasteiger partial charge on any atom is 1.00 e. The molecule has 0 aliphatic heterocycles. The summed E-state index contributed by atoms with van der Waals surface area (Å²) in [7, 11) is -13.9. The summed E-state index contributed by atoms with van der Waals surface area (Å²) >= 11 is 0. The van der Waals surface area contributed by atoms with Crippen molar-refractivity contribution in [2.75, 3.05) is 11.1 Å². The molecular formula is C14H17N2NaO8S3. The Balaban J connectivity index is 0.00000392. The standard InChI is InChI=1S/C14H18N2O8S3.Na/c1-2-6-25(17,18)13-7-11(16-9-10-4-3-5-24-10)12(27(21,22)23)8-14(13)26(15,19)20;/h3-5,7-8,16H,2,6,9H2,1H3,(H2,15,19,20)(H,21,22,23);/q;+1/p-1. The minimum absolute atomic E-state index is 0. The molecule has 0 spiro atoms. The SMILES string of the molecule is CCCS(=O)(=O)c1cc(NCc2ccco2)c(S(=O)(=O)[O-])cc1S(N)(=O)=O.[Na+]. The van der Waals surface area contributed by atoms with Gasteiger partial charge in [0.1, 0.15) is 20.8 Å². The minimum atomic E-state index is -5.14. The average molecular weight is 460 g/mol. The van der Waals surface area contributed by atoms with E-state index in [1.54, 1.807) is 19.1 Å². The summed E-state index contributed by atoms with van der Waals surface area (Å²) < 4.78 is 88.3. The average Bonchev–Trinajstić information content (AvgIpc) is 3.03. The van der Waals surface area contributed by atoms with Gasteiger partial charge in [0.15, 0.2) is 9.84 Å². The summed E-state index contributed by atoms with van der Waals surface area (Å²) in [5.41, 5.74) is -0.372. The van der Waals surface area contributed by atoms with E-state index >= 15 is 0 Å². The Labute approximate surface area is 185 Å². The van der Waals surface area contributed by atoms with Gasteiger partial charge in [0, 0.05) is 0 Å². The molecule has 0 bridgehead atoms. The molecule has 0 aliphatic rings. The third-order valence-corrected chi connectivity index (χ3v) is 7.37. The second-order valence-corrected chi connectivity index (χ2v) is 10.5. The van der Waals surface area contributed by atoms with Crippen LogP contribution in [-0.4, -0.2) is 35.6 Å². The van der Waals surface area contributed by atoms with Gasteiger partial charge in [0.2, 0.25) is 10.0 Å². The van der Waals surface area contributed by atoms with Crippen LogP contribution in [0, 0.1) is 0 Å². The molecule has 0 saturated carbocycles. The molecule has 0 amide bonds. The molecule has 28 heavy (non-hydrogen) atoms. The van der Waals surface area contributed by atoms with Crippen molar-refractivity contribution in [2.45, 2.75) is 34.6 Å². The van der Waals surface area contributed by atoms with Gasteiger partial charge < -0.3 is 14.3 Å². The Morgan fingerprint density at radius 1 is 1.07 bits per heavy atom. The molecule has 10 nitrogen and oxygen atoms in total. The fourth-order valence-electron chi connectivity index (χ4n) is 2.33. The van der Waals surface area contributed by atoms with Gasteiger partial charge in [-0.05, 0) is 30.7 Å². The second-order valence-electron chi connectivity index (χ2n) is 5.55. The third kappa shape index (κ3) is 6.03. The maximum atomic E-state index is 12.5. The number of primary sulfonamides is 1. The van der Waals surface area contributed by atoms with E-state index in [0.29, 0.717) is 11.8 Å². The zero-order valence-electron chi connectivity index (χ0n) is 15.1. The molecule has 0 unspecified atom stereocenters. The molecular weight excluding hydrogens is 443 g/mol. The molecule has 3 N–H and O–H groups in total. The quantitative estimate of drug-likeness (QED) is 0.322. The molecule has 1 aromatic heterocycles. The van der Waals surface area contributed by atoms with E-state index in [9.17, 15) is 29.8 Å². The van der Waals surface area contributed by atoms with Gasteiger partial charge in [-0.1, -0.05) is 6.92 Å². The summed E-state index contributed by atoms with van der Waals surface area (Å²) in [4.78, 5) is -2.57. The molecule has 0 radical (unpaired) electrons. The molecule has 0 fully saturated rings. The van der Waals surface area contributed by atoms with Crippen molar-refractivity contribution in [1.29, 1.82) is 0 Å². The predicted octanol–water partition coefficient (Wildman–Crippen LogP) is -2.37. The number of sulfonamides is 1. The van der Waals surface area contributed by atoms with Gasteiger partial charge in [-0.25, -0.2) is 30.4 Å². The summed E-state index contributed by atoms with van der Waals surface area (Å²) in [5, 5.41) is 7.62. The van der Waals surface area contributed by atoms with Crippen LogP contribution in [0.15, 0.2) is 49.6 Å². The van der Waals surface area contributed by atoms with Gasteiger partial charge in [0.05, 0.1) is 34.0 Å². The molecule has 1 heterocycles. The van der Waals surface area contributed by atoms with E-state index in [1.807, 2.05) is 0 Å². The number of hydrogen-bond acceptors (Lipinski definition) is 9. The van der Waals surface area contributed by atoms with Gasteiger partial charge in [-0.15, -0.1) is 0 Å². The Morgan fingerprint density at radius 2 is 1.71 bits per heavy atom. The van der Waals surface area contributed by atoms with Crippen molar-refractivity contribution >= 4 is 35.7 Å². The van der Waals surface area contributed by atoms with Crippen molar-refractivity contribution in [2.24, 2.45) is 5.14 Å². The summed E-state index contributed by atoms with van der Waals surface area (Å²) in [6, 6.07) is 4.39. The normalized spacial score (nSPS) is 12.4. The van der Waals surface area contributed by atoms with Crippen molar-refractivity contribution in [3.8, 4) is 0 Å². The molecule has 0 atom stereocenters. The van der Waals surface area contributed by atoms with Crippen LogP contribution in [0.4, 0.5) is 5.69 Å². The number of sulfone groups is 1. The van der Waals surface area contributed by atoms with Gasteiger partial charge in [-0.3, -0.25) is 0 Å². The maximum absolute atomic E-state index is 12.5. The third-order valence-electron chi connectivity index (χ3n) is 3.46. The number of benzene rings is 1. The first-order valence-electron chi connectivity index (χ1n) is 7.52. The first kappa shape index (κ1) is 25.1. The van der Waals surface area contributed by atoms with Crippen molar-refractivity contribution < 1.29 is 63.8 Å².